The number of carbonyl (C=O) groups excluding carboxylic acids is 1. The first-order valence-corrected chi connectivity index (χ1v) is 8.22. The predicted molar refractivity (Wildman–Crippen MR) is 90.5 cm³/mol. The number of carbonyl (C=O) groups is 1. The molecule has 4 heteroatoms. The number of amides is 1. The Morgan fingerprint density at radius 2 is 1.96 bits per heavy atom. The lowest BCUT2D eigenvalue weighted by molar-refractivity contribution is 0.0726. The summed E-state index contributed by atoms with van der Waals surface area (Å²) in [5, 5.41) is 0. The van der Waals surface area contributed by atoms with E-state index >= 15 is 0 Å². The maximum absolute atomic E-state index is 12.9. The van der Waals surface area contributed by atoms with Crippen molar-refractivity contribution in [3.8, 4) is 5.75 Å². The summed E-state index contributed by atoms with van der Waals surface area (Å²) >= 11 is 0. The molecule has 4 nitrogen and oxygen atoms in total. The van der Waals surface area contributed by atoms with Crippen LogP contribution in [0.5, 0.6) is 5.75 Å². The van der Waals surface area contributed by atoms with Crippen molar-refractivity contribution in [1.82, 2.24) is 9.47 Å². The third-order valence-corrected chi connectivity index (χ3v) is 4.11. The number of rotatable bonds is 6. The quantitative estimate of drug-likeness (QED) is 0.816. The van der Waals surface area contributed by atoms with E-state index in [0.717, 1.165) is 29.8 Å². The smallest absolute Gasteiger partial charge is 0.254 e. The molecule has 0 saturated heterocycles. The lowest BCUT2D eigenvalue weighted by Crippen LogP contribution is -2.33. The Labute approximate surface area is 137 Å². The van der Waals surface area contributed by atoms with Gasteiger partial charge in [0.25, 0.3) is 5.91 Å². The molecule has 122 valence electrons. The molecule has 0 spiro atoms. The lowest BCUT2D eigenvalue weighted by Gasteiger charge is -2.23. The summed E-state index contributed by atoms with van der Waals surface area (Å²) in [6.45, 7) is 4.65. The van der Waals surface area contributed by atoms with Crippen LogP contribution in [0.1, 0.15) is 42.7 Å². The van der Waals surface area contributed by atoms with E-state index in [1.807, 2.05) is 62.3 Å². The second-order valence-electron chi connectivity index (χ2n) is 6.47. The van der Waals surface area contributed by atoms with Crippen LogP contribution in [0.3, 0.4) is 0 Å². The van der Waals surface area contributed by atoms with Crippen molar-refractivity contribution >= 4 is 5.91 Å². The van der Waals surface area contributed by atoms with Crippen LogP contribution >= 0.6 is 0 Å². The van der Waals surface area contributed by atoms with Gasteiger partial charge in [0.05, 0.1) is 12.6 Å². The molecule has 1 aromatic carbocycles. The Morgan fingerprint density at radius 3 is 2.48 bits per heavy atom. The minimum absolute atomic E-state index is 0.102. The highest BCUT2D eigenvalue weighted by molar-refractivity contribution is 5.94. The van der Waals surface area contributed by atoms with Gasteiger partial charge >= 0.3 is 0 Å². The van der Waals surface area contributed by atoms with Crippen molar-refractivity contribution in [3.63, 3.8) is 0 Å². The largest absolute Gasteiger partial charge is 0.491 e. The van der Waals surface area contributed by atoms with E-state index < -0.39 is 0 Å². The Hall–Kier alpha value is -2.23. The van der Waals surface area contributed by atoms with Gasteiger partial charge in [0.1, 0.15) is 5.75 Å². The van der Waals surface area contributed by atoms with Crippen molar-refractivity contribution in [2.24, 2.45) is 7.05 Å². The highest BCUT2D eigenvalue weighted by Gasteiger charge is 2.33. The van der Waals surface area contributed by atoms with Gasteiger partial charge in [-0.2, -0.15) is 0 Å². The summed E-state index contributed by atoms with van der Waals surface area (Å²) in [6, 6.07) is 11.9. The van der Waals surface area contributed by atoms with Crippen LogP contribution in [0.15, 0.2) is 42.6 Å². The first kappa shape index (κ1) is 15.7. The molecule has 2 aromatic rings. The van der Waals surface area contributed by atoms with Gasteiger partial charge in [0.15, 0.2) is 0 Å². The van der Waals surface area contributed by atoms with Gasteiger partial charge in [0.2, 0.25) is 0 Å². The van der Waals surface area contributed by atoms with E-state index in [4.69, 9.17) is 4.74 Å². The van der Waals surface area contributed by atoms with Crippen molar-refractivity contribution in [2.75, 3.05) is 0 Å². The molecular weight excluding hydrogens is 288 g/mol. The van der Waals surface area contributed by atoms with Crippen molar-refractivity contribution in [1.29, 1.82) is 0 Å². The molecule has 0 N–H and O–H groups in total. The second-order valence-corrected chi connectivity index (χ2v) is 6.47. The van der Waals surface area contributed by atoms with Gasteiger partial charge in [-0.05, 0) is 63.1 Å². The van der Waals surface area contributed by atoms with Crippen molar-refractivity contribution < 1.29 is 9.53 Å². The van der Waals surface area contributed by atoms with E-state index in [0.29, 0.717) is 12.6 Å². The number of ether oxygens (including phenoxy) is 1. The third kappa shape index (κ3) is 3.76. The monoisotopic (exact) mass is 312 g/mol. The summed E-state index contributed by atoms with van der Waals surface area (Å²) in [5.41, 5.74) is 1.88. The minimum atomic E-state index is 0.102. The number of benzene rings is 1. The first-order chi connectivity index (χ1) is 11.0. The number of aryl methyl sites for hydroxylation is 1. The summed E-state index contributed by atoms with van der Waals surface area (Å²) in [7, 11) is 2.02. The molecule has 0 atom stereocenters. The van der Waals surface area contributed by atoms with Crippen LogP contribution in [0.2, 0.25) is 0 Å². The van der Waals surface area contributed by atoms with E-state index in [-0.39, 0.29) is 12.0 Å². The predicted octanol–water partition coefficient (Wildman–Crippen LogP) is 3.62. The van der Waals surface area contributed by atoms with Crippen LogP contribution < -0.4 is 4.74 Å². The summed E-state index contributed by atoms with van der Waals surface area (Å²) in [4.78, 5) is 14.9. The number of hydrogen-bond acceptors (Lipinski definition) is 2. The summed E-state index contributed by atoms with van der Waals surface area (Å²) in [6.07, 6.45) is 4.36. The molecule has 3 rings (SSSR count). The number of hydrogen-bond donors (Lipinski definition) is 0. The Bertz CT molecular complexity index is 669. The topological polar surface area (TPSA) is 34.5 Å². The zero-order chi connectivity index (χ0) is 16.4. The summed E-state index contributed by atoms with van der Waals surface area (Å²) < 4.78 is 7.71. The second kappa shape index (κ2) is 6.49. The molecule has 1 heterocycles. The molecule has 0 unspecified atom stereocenters. The van der Waals surface area contributed by atoms with Crippen molar-refractivity contribution in [3.05, 3.63) is 53.9 Å². The lowest BCUT2D eigenvalue weighted by atomic mass is 10.1. The third-order valence-electron chi connectivity index (χ3n) is 4.11. The fourth-order valence-electron chi connectivity index (χ4n) is 2.70. The van der Waals surface area contributed by atoms with E-state index in [1.54, 1.807) is 0 Å². The average molecular weight is 312 g/mol. The molecule has 1 saturated carbocycles. The molecule has 1 aliphatic rings. The highest BCUT2D eigenvalue weighted by atomic mass is 16.5. The SMILES string of the molecule is CC(C)Oc1ccc(C(=O)N(Cc2cccn2C)C2CC2)cc1. The van der Waals surface area contributed by atoms with Crippen LogP contribution in [-0.2, 0) is 13.6 Å². The molecule has 1 aromatic heterocycles. The molecular formula is C19H24N2O2. The van der Waals surface area contributed by atoms with E-state index in [2.05, 4.69) is 10.6 Å². The molecule has 0 aliphatic heterocycles. The van der Waals surface area contributed by atoms with Gasteiger partial charge in [-0.15, -0.1) is 0 Å². The molecule has 1 amide bonds. The van der Waals surface area contributed by atoms with E-state index in [1.165, 1.54) is 0 Å². The first-order valence-electron chi connectivity index (χ1n) is 8.22. The summed E-state index contributed by atoms with van der Waals surface area (Å²) in [5.74, 6) is 0.904. The minimum Gasteiger partial charge on any atom is -0.491 e. The molecule has 0 bridgehead atoms. The van der Waals surface area contributed by atoms with Gasteiger partial charge in [-0.25, -0.2) is 0 Å². The highest BCUT2D eigenvalue weighted by Crippen LogP contribution is 2.30. The molecule has 1 aliphatic carbocycles. The fourth-order valence-corrected chi connectivity index (χ4v) is 2.70. The zero-order valence-corrected chi connectivity index (χ0v) is 14.0. The molecule has 23 heavy (non-hydrogen) atoms. The van der Waals surface area contributed by atoms with E-state index in [9.17, 15) is 4.79 Å². The Kier molecular flexibility index (Phi) is 4.42. The van der Waals surface area contributed by atoms with Crippen LogP contribution in [-0.4, -0.2) is 27.5 Å². The normalized spacial score (nSPS) is 14.1. The standard InChI is InChI=1S/C19H24N2O2/c1-14(2)23-18-10-6-15(7-11-18)19(22)21(16-8-9-16)13-17-5-4-12-20(17)3/h4-7,10-12,14,16H,8-9,13H2,1-3H3. The number of nitrogens with zero attached hydrogens (tertiary/aromatic N) is 2. The maximum Gasteiger partial charge on any atom is 0.254 e. The van der Waals surface area contributed by atoms with Gasteiger partial charge in [-0.3, -0.25) is 4.79 Å². The van der Waals surface area contributed by atoms with Crippen LogP contribution in [0.4, 0.5) is 0 Å². The van der Waals surface area contributed by atoms with Crippen molar-refractivity contribution in [2.45, 2.75) is 45.4 Å². The Balaban J connectivity index is 1.74. The Morgan fingerprint density at radius 1 is 1.26 bits per heavy atom. The van der Waals surface area contributed by atoms with Gasteiger partial charge in [-0.1, -0.05) is 0 Å². The average Bonchev–Trinajstić information content (AvgIpc) is 3.28. The van der Waals surface area contributed by atoms with Crippen LogP contribution in [0.25, 0.3) is 0 Å². The molecule has 0 radical (unpaired) electrons. The zero-order valence-electron chi connectivity index (χ0n) is 14.0. The van der Waals surface area contributed by atoms with Gasteiger partial charge < -0.3 is 14.2 Å². The molecule has 1 fully saturated rings. The fraction of sp³-hybridized carbons (Fsp3) is 0.421. The number of aromatic nitrogens is 1. The maximum atomic E-state index is 12.9. The van der Waals surface area contributed by atoms with Gasteiger partial charge in [0, 0.05) is 30.5 Å². The van der Waals surface area contributed by atoms with Crippen LogP contribution in [0, 0.1) is 0 Å².